The molecule has 0 bridgehead atoms. The van der Waals surface area contributed by atoms with E-state index < -0.39 is 5.41 Å². The van der Waals surface area contributed by atoms with Crippen molar-refractivity contribution < 1.29 is 14.3 Å². The molecule has 3 aliphatic rings. The summed E-state index contributed by atoms with van der Waals surface area (Å²) < 4.78 is 5.59. The second-order valence-electron chi connectivity index (χ2n) is 8.19. The topological polar surface area (TPSA) is 71.5 Å². The van der Waals surface area contributed by atoms with Gasteiger partial charge in [0.2, 0.25) is 11.8 Å². The smallest absolute Gasteiger partial charge is 0.233 e. The van der Waals surface area contributed by atoms with Gasteiger partial charge in [-0.05, 0) is 31.2 Å². The summed E-state index contributed by atoms with van der Waals surface area (Å²) in [6, 6.07) is 10.1. The molecule has 1 aromatic heterocycles. The van der Waals surface area contributed by atoms with Gasteiger partial charge < -0.3 is 15.0 Å². The van der Waals surface area contributed by atoms with Crippen LogP contribution < -0.4 is 5.32 Å². The highest BCUT2D eigenvalue weighted by Gasteiger charge is 2.44. The van der Waals surface area contributed by atoms with Crippen LogP contribution in [0.25, 0.3) is 0 Å². The van der Waals surface area contributed by atoms with E-state index >= 15 is 0 Å². The number of fused-ring (bicyclic) bond motifs is 1. The standard InChI is InChI=1S/C22H25N3O3S/c26-19(15-6-7-15)24-21-23-17-8-11-25(14-18(17)29-21)20(27)22(9-12-28-13-10-22)16-4-2-1-3-5-16/h1-5,15H,6-14H2,(H,23,24,26). The largest absolute Gasteiger partial charge is 0.381 e. The molecule has 0 spiro atoms. The van der Waals surface area contributed by atoms with Crippen LogP contribution in [0.4, 0.5) is 5.13 Å². The number of aromatic nitrogens is 1. The van der Waals surface area contributed by atoms with Crippen LogP contribution in [0.3, 0.4) is 0 Å². The van der Waals surface area contributed by atoms with Crippen LogP contribution in [0.1, 0.15) is 41.8 Å². The fraction of sp³-hybridized carbons (Fsp3) is 0.500. The van der Waals surface area contributed by atoms with Crippen molar-refractivity contribution in [2.45, 2.75) is 44.1 Å². The molecule has 0 radical (unpaired) electrons. The third-order valence-corrected chi connectivity index (χ3v) is 7.28. The van der Waals surface area contributed by atoms with E-state index in [1.165, 1.54) is 11.3 Å². The van der Waals surface area contributed by atoms with Crippen molar-refractivity contribution >= 4 is 28.3 Å². The number of thiazole rings is 1. The Morgan fingerprint density at radius 2 is 1.93 bits per heavy atom. The molecule has 7 heteroatoms. The first-order chi connectivity index (χ1) is 14.2. The number of rotatable bonds is 4. The van der Waals surface area contributed by atoms with Crippen LogP contribution in [-0.4, -0.2) is 41.5 Å². The number of anilines is 1. The third kappa shape index (κ3) is 3.57. The van der Waals surface area contributed by atoms with Crippen LogP contribution in [0.15, 0.2) is 30.3 Å². The molecule has 2 aromatic rings. The average molecular weight is 412 g/mol. The minimum atomic E-state index is -0.509. The van der Waals surface area contributed by atoms with E-state index in [1.54, 1.807) is 0 Å². The highest BCUT2D eigenvalue weighted by molar-refractivity contribution is 7.15. The van der Waals surface area contributed by atoms with Crippen molar-refractivity contribution in [1.29, 1.82) is 0 Å². The molecule has 3 heterocycles. The van der Waals surface area contributed by atoms with Gasteiger partial charge in [-0.25, -0.2) is 4.98 Å². The average Bonchev–Trinajstić information content (AvgIpc) is 3.54. The Hall–Kier alpha value is -2.25. The predicted octanol–water partition coefficient (Wildman–Crippen LogP) is 3.12. The number of benzene rings is 1. The Morgan fingerprint density at radius 1 is 1.17 bits per heavy atom. The maximum absolute atomic E-state index is 13.8. The molecular weight excluding hydrogens is 386 g/mol. The van der Waals surface area contributed by atoms with Crippen LogP contribution in [0.2, 0.25) is 0 Å². The van der Waals surface area contributed by atoms with Crippen LogP contribution in [-0.2, 0) is 32.7 Å². The molecule has 152 valence electrons. The Kier molecular flexibility index (Phi) is 4.87. The number of carbonyl (C=O) groups excluding carboxylic acids is 2. The first kappa shape index (κ1) is 18.8. The molecule has 1 N–H and O–H groups in total. The summed E-state index contributed by atoms with van der Waals surface area (Å²) >= 11 is 1.51. The lowest BCUT2D eigenvalue weighted by Crippen LogP contribution is -2.51. The van der Waals surface area contributed by atoms with E-state index in [1.807, 2.05) is 23.1 Å². The lowest BCUT2D eigenvalue weighted by Gasteiger charge is -2.41. The molecule has 1 saturated heterocycles. The summed E-state index contributed by atoms with van der Waals surface area (Å²) in [5.41, 5.74) is 1.59. The number of amides is 2. The van der Waals surface area contributed by atoms with Crippen molar-refractivity contribution in [3.05, 3.63) is 46.5 Å². The molecule has 2 aliphatic heterocycles. The molecule has 2 fully saturated rings. The Balaban J connectivity index is 1.36. The molecule has 1 aromatic carbocycles. The van der Waals surface area contributed by atoms with E-state index in [2.05, 4.69) is 22.4 Å². The predicted molar refractivity (Wildman–Crippen MR) is 111 cm³/mol. The summed E-state index contributed by atoms with van der Waals surface area (Å²) in [5.74, 6) is 0.428. The molecule has 2 amide bonds. The Labute approximate surface area is 174 Å². The normalized spacial score (nSPS) is 20.8. The van der Waals surface area contributed by atoms with E-state index in [4.69, 9.17) is 4.74 Å². The van der Waals surface area contributed by atoms with Gasteiger partial charge in [-0.1, -0.05) is 41.7 Å². The van der Waals surface area contributed by atoms with Gasteiger partial charge in [0, 0.05) is 37.0 Å². The van der Waals surface area contributed by atoms with Crippen molar-refractivity contribution in [2.24, 2.45) is 5.92 Å². The van der Waals surface area contributed by atoms with E-state index in [9.17, 15) is 9.59 Å². The maximum atomic E-state index is 13.8. The number of ether oxygens (including phenoxy) is 1. The van der Waals surface area contributed by atoms with E-state index in [-0.39, 0.29) is 17.7 Å². The first-order valence-electron chi connectivity index (χ1n) is 10.4. The molecule has 5 rings (SSSR count). The maximum Gasteiger partial charge on any atom is 0.233 e. The fourth-order valence-electron chi connectivity index (χ4n) is 4.38. The van der Waals surface area contributed by atoms with Crippen LogP contribution in [0.5, 0.6) is 0 Å². The lowest BCUT2D eigenvalue weighted by atomic mass is 9.73. The number of hydrogen-bond donors (Lipinski definition) is 1. The van der Waals surface area contributed by atoms with Crippen LogP contribution >= 0.6 is 11.3 Å². The quantitative estimate of drug-likeness (QED) is 0.839. The minimum Gasteiger partial charge on any atom is -0.381 e. The van der Waals surface area contributed by atoms with Gasteiger partial charge in [-0.15, -0.1) is 0 Å². The van der Waals surface area contributed by atoms with Gasteiger partial charge in [0.15, 0.2) is 5.13 Å². The summed E-state index contributed by atoms with van der Waals surface area (Å²) in [6.45, 7) is 2.46. The first-order valence-corrected chi connectivity index (χ1v) is 11.2. The molecule has 1 saturated carbocycles. The number of hydrogen-bond acceptors (Lipinski definition) is 5. The van der Waals surface area contributed by atoms with E-state index in [0.29, 0.717) is 44.3 Å². The molecule has 0 atom stereocenters. The summed E-state index contributed by atoms with van der Waals surface area (Å²) in [4.78, 5) is 33.5. The number of nitrogens with zero attached hydrogens (tertiary/aromatic N) is 2. The zero-order chi connectivity index (χ0) is 19.8. The van der Waals surface area contributed by atoms with Crippen molar-refractivity contribution in [2.75, 3.05) is 25.1 Å². The highest BCUT2D eigenvalue weighted by atomic mass is 32.1. The molecular formula is C22H25N3O3S. The van der Waals surface area contributed by atoms with Gasteiger partial charge in [0.1, 0.15) is 0 Å². The fourth-order valence-corrected chi connectivity index (χ4v) is 5.41. The zero-order valence-corrected chi connectivity index (χ0v) is 17.2. The van der Waals surface area contributed by atoms with E-state index in [0.717, 1.165) is 35.4 Å². The second-order valence-corrected chi connectivity index (χ2v) is 9.27. The van der Waals surface area contributed by atoms with Gasteiger partial charge in [0.25, 0.3) is 0 Å². The molecule has 6 nitrogen and oxygen atoms in total. The Bertz CT molecular complexity index is 917. The summed E-state index contributed by atoms with van der Waals surface area (Å²) in [7, 11) is 0. The second kappa shape index (κ2) is 7.54. The van der Waals surface area contributed by atoms with Gasteiger partial charge in [-0.3, -0.25) is 9.59 Å². The minimum absolute atomic E-state index is 0.0780. The van der Waals surface area contributed by atoms with Gasteiger partial charge in [0.05, 0.1) is 17.7 Å². The summed E-state index contributed by atoms with van der Waals surface area (Å²) in [6.07, 6.45) is 4.11. The number of nitrogens with one attached hydrogen (secondary N) is 1. The number of carbonyl (C=O) groups is 2. The van der Waals surface area contributed by atoms with Gasteiger partial charge >= 0.3 is 0 Å². The lowest BCUT2D eigenvalue weighted by molar-refractivity contribution is -0.142. The van der Waals surface area contributed by atoms with Crippen molar-refractivity contribution in [3.8, 4) is 0 Å². The Morgan fingerprint density at radius 3 is 2.66 bits per heavy atom. The van der Waals surface area contributed by atoms with Crippen molar-refractivity contribution in [1.82, 2.24) is 9.88 Å². The SMILES string of the molecule is O=C(Nc1nc2c(s1)CN(C(=O)C1(c3ccccc3)CCOCC1)CC2)C1CC1. The van der Waals surface area contributed by atoms with Crippen molar-refractivity contribution in [3.63, 3.8) is 0 Å². The van der Waals surface area contributed by atoms with Gasteiger partial charge in [-0.2, -0.15) is 0 Å². The third-order valence-electron chi connectivity index (χ3n) is 6.28. The molecule has 1 aliphatic carbocycles. The molecule has 29 heavy (non-hydrogen) atoms. The monoisotopic (exact) mass is 411 g/mol. The molecule has 0 unspecified atom stereocenters. The highest BCUT2D eigenvalue weighted by Crippen LogP contribution is 2.39. The van der Waals surface area contributed by atoms with Crippen LogP contribution in [0, 0.1) is 5.92 Å². The summed E-state index contributed by atoms with van der Waals surface area (Å²) in [5, 5.41) is 3.62. The zero-order valence-electron chi connectivity index (χ0n) is 16.4.